The zero-order valence-electron chi connectivity index (χ0n) is 10.3. The fourth-order valence-corrected chi connectivity index (χ4v) is 1.31. The molecule has 0 saturated carbocycles. The summed E-state index contributed by atoms with van der Waals surface area (Å²) in [6, 6.07) is 8.26. The predicted octanol–water partition coefficient (Wildman–Crippen LogP) is 2.10. The monoisotopic (exact) mass is 246 g/mol. The summed E-state index contributed by atoms with van der Waals surface area (Å²) in [6.07, 6.45) is -0.492. The van der Waals surface area contributed by atoms with Crippen LogP contribution in [0.4, 0.5) is 5.69 Å². The first-order chi connectivity index (χ1) is 8.54. The molecule has 0 aromatic heterocycles. The molecule has 0 aliphatic rings. The molecular weight excluding hydrogens is 232 g/mol. The van der Waals surface area contributed by atoms with Crippen molar-refractivity contribution in [2.75, 3.05) is 5.32 Å². The zero-order chi connectivity index (χ0) is 13.5. The molecule has 0 saturated heterocycles. The summed E-state index contributed by atoms with van der Waals surface area (Å²) >= 11 is 0. The van der Waals surface area contributed by atoms with Crippen LogP contribution < -0.4 is 5.32 Å². The number of carbonyl (C=O) groups is 2. The number of nitrogens with zero attached hydrogens (tertiary/aromatic N) is 1. The molecule has 18 heavy (non-hydrogen) atoms. The summed E-state index contributed by atoms with van der Waals surface area (Å²) in [7, 11) is 0. The van der Waals surface area contributed by atoms with Gasteiger partial charge in [-0.1, -0.05) is 12.1 Å². The third kappa shape index (κ3) is 3.91. The van der Waals surface area contributed by atoms with Gasteiger partial charge in [0.1, 0.15) is 6.42 Å². The van der Waals surface area contributed by atoms with E-state index < -0.39 is 11.9 Å². The van der Waals surface area contributed by atoms with Gasteiger partial charge in [-0.15, -0.1) is 0 Å². The number of carbonyl (C=O) groups excluding carboxylic acids is 2. The van der Waals surface area contributed by atoms with Crippen LogP contribution in [-0.2, 0) is 9.53 Å². The number of amides is 1. The number of hydrogen-bond acceptors (Lipinski definition) is 4. The number of ether oxygens (including phenoxy) is 1. The zero-order valence-corrected chi connectivity index (χ0v) is 10.3. The van der Waals surface area contributed by atoms with E-state index in [4.69, 9.17) is 10.00 Å². The van der Waals surface area contributed by atoms with Gasteiger partial charge in [0.15, 0.2) is 0 Å². The fraction of sp³-hybridized carbons (Fsp3) is 0.308. The van der Waals surface area contributed by atoms with Gasteiger partial charge >= 0.3 is 5.97 Å². The standard InChI is InChI=1S/C13H14N2O3/c1-9(2)18-13(17)10-5-3-4-6-11(10)15-12(16)7-8-14/h3-6,9H,7H2,1-2H3,(H,15,16). The summed E-state index contributed by atoms with van der Waals surface area (Å²) in [5, 5.41) is 10.9. The minimum Gasteiger partial charge on any atom is -0.459 e. The van der Waals surface area contributed by atoms with Crippen LogP contribution in [-0.4, -0.2) is 18.0 Å². The van der Waals surface area contributed by atoms with E-state index in [0.29, 0.717) is 5.69 Å². The smallest absolute Gasteiger partial charge is 0.340 e. The average molecular weight is 246 g/mol. The number of rotatable bonds is 4. The molecule has 0 fully saturated rings. The SMILES string of the molecule is CC(C)OC(=O)c1ccccc1NC(=O)CC#N. The molecule has 5 heteroatoms. The number of esters is 1. The van der Waals surface area contributed by atoms with Crippen LogP contribution in [0.15, 0.2) is 24.3 Å². The molecule has 1 rings (SSSR count). The highest BCUT2D eigenvalue weighted by molar-refractivity contribution is 6.01. The van der Waals surface area contributed by atoms with Crippen LogP contribution in [0.25, 0.3) is 0 Å². The van der Waals surface area contributed by atoms with Gasteiger partial charge in [-0.2, -0.15) is 5.26 Å². The minimum absolute atomic E-state index is 0.236. The maximum atomic E-state index is 11.8. The highest BCUT2D eigenvalue weighted by Gasteiger charge is 2.15. The molecule has 0 unspecified atom stereocenters. The van der Waals surface area contributed by atoms with E-state index in [-0.39, 0.29) is 18.1 Å². The Morgan fingerprint density at radius 2 is 2.06 bits per heavy atom. The largest absolute Gasteiger partial charge is 0.459 e. The molecule has 94 valence electrons. The van der Waals surface area contributed by atoms with Crippen molar-refractivity contribution in [1.82, 2.24) is 0 Å². The number of hydrogen-bond donors (Lipinski definition) is 1. The lowest BCUT2D eigenvalue weighted by molar-refractivity contribution is -0.115. The quantitative estimate of drug-likeness (QED) is 0.825. The third-order valence-electron chi connectivity index (χ3n) is 2.00. The van der Waals surface area contributed by atoms with Crippen molar-refractivity contribution in [3.8, 4) is 6.07 Å². The maximum Gasteiger partial charge on any atom is 0.340 e. The lowest BCUT2D eigenvalue weighted by atomic mass is 10.1. The second-order valence-corrected chi connectivity index (χ2v) is 3.88. The van der Waals surface area contributed by atoms with Crippen molar-refractivity contribution < 1.29 is 14.3 Å². The molecule has 0 atom stereocenters. The van der Waals surface area contributed by atoms with Crippen LogP contribution in [0.1, 0.15) is 30.6 Å². The van der Waals surface area contributed by atoms with Gasteiger partial charge in [0.25, 0.3) is 0 Å². The first-order valence-corrected chi connectivity index (χ1v) is 5.51. The van der Waals surface area contributed by atoms with Gasteiger partial charge in [0.05, 0.1) is 23.4 Å². The van der Waals surface area contributed by atoms with Crippen molar-refractivity contribution in [1.29, 1.82) is 5.26 Å². The van der Waals surface area contributed by atoms with Crippen molar-refractivity contribution in [3.63, 3.8) is 0 Å². The molecule has 0 aliphatic carbocycles. The first-order valence-electron chi connectivity index (χ1n) is 5.51. The van der Waals surface area contributed by atoms with E-state index >= 15 is 0 Å². The molecular formula is C13H14N2O3. The predicted molar refractivity (Wildman–Crippen MR) is 65.9 cm³/mol. The van der Waals surface area contributed by atoms with Crippen molar-refractivity contribution in [3.05, 3.63) is 29.8 Å². The van der Waals surface area contributed by atoms with E-state index in [0.717, 1.165) is 0 Å². The fourth-order valence-electron chi connectivity index (χ4n) is 1.31. The van der Waals surface area contributed by atoms with Gasteiger partial charge in [-0.05, 0) is 26.0 Å². The molecule has 1 aromatic carbocycles. The Balaban J connectivity index is 2.89. The van der Waals surface area contributed by atoms with Crippen molar-refractivity contribution in [2.45, 2.75) is 26.4 Å². The van der Waals surface area contributed by atoms with Crippen LogP contribution >= 0.6 is 0 Å². The van der Waals surface area contributed by atoms with Crippen molar-refractivity contribution in [2.24, 2.45) is 0 Å². The van der Waals surface area contributed by atoms with Crippen molar-refractivity contribution >= 4 is 17.6 Å². The number of anilines is 1. The van der Waals surface area contributed by atoms with Gasteiger partial charge in [-0.3, -0.25) is 4.79 Å². The Kier molecular flexibility index (Phi) is 4.88. The molecule has 1 amide bonds. The number of nitriles is 1. The normalized spacial score (nSPS) is 9.67. The van der Waals surface area contributed by atoms with E-state index in [2.05, 4.69) is 5.32 Å². The number of para-hydroxylation sites is 1. The van der Waals surface area contributed by atoms with Gasteiger partial charge < -0.3 is 10.1 Å². The molecule has 0 heterocycles. The second-order valence-electron chi connectivity index (χ2n) is 3.88. The molecule has 1 aromatic rings. The Hall–Kier alpha value is -2.35. The Labute approximate surface area is 105 Å². The van der Waals surface area contributed by atoms with Gasteiger partial charge in [-0.25, -0.2) is 4.79 Å². The first kappa shape index (κ1) is 13.7. The van der Waals surface area contributed by atoms with Crippen LogP contribution in [0.3, 0.4) is 0 Å². The topological polar surface area (TPSA) is 79.2 Å². The summed E-state index contributed by atoms with van der Waals surface area (Å²) in [6.45, 7) is 3.49. The van der Waals surface area contributed by atoms with Gasteiger partial charge in [0, 0.05) is 0 Å². The lowest BCUT2D eigenvalue weighted by Crippen LogP contribution is -2.17. The van der Waals surface area contributed by atoms with Crippen LogP contribution in [0.2, 0.25) is 0 Å². The Morgan fingerprint density at radius 3 is 2.67 bits per heavy atom. The summed E-state index contributed by atoms with van der Waals surface area (Å²) < 4.78 is 5.06. The molecule has 5 nitrogen and oxygen atoms in total. The van der Waals surface area contributed by atoms with Crippen LogP contribution in [0.5, 0.6) is 0 Å². The number of nitrogens with one attached hydrogen (secondary N) is 1. The third-order valence-corrected chi connectivity index (χ3v) is 2.00. The summed E-state index contributed by atoms with van der Waals surface area (Å²) in [4.78, 5) is 23.1. The maximum absolute atomic E-state index is 11.8. The Morgan fingerprint density at radius 1 is 1.39 bits per heavy atom. The molecule has 0 bridgehead atoms. The second kappa shape index (κ2) is 6.40. The Bertz CT molecular complexity index is 489. The highest BCUT2D eigenvalue weighted by Crippen LogP contribution is 2.17. The molecule has 0 spiro atoms. The molecule has 1 N–H and O–H groups in total. The minimum atomic E-state index is -0.502. The lowest BCUT2D eigenvalue weighted by Gasteiger charge is -2.11. The van der Waals surface area contributed by atoms with E-state index in [1.807, 2.05) is 0 Å². The highest BCUT2D eigenvalue weighted by atomic mass is 16.5. The van der Waals surface area contributed by atoms with E-state index in [1.165, 1.54) is 0 Å². The van der Waals surface area contributed by atoms with Crippen LogP contribution in [0, 0.1) is 11.3 Å². The van der Waals surface area contributed by atoms with E-state index in [1.54, 1.807) is 44.2 Å². The molecule has 0 radical (unpaired) electrons. The molecule has 0 aliphatic heterocycles. The number of benzene rings is 1. The average Bonchev–Trinajstić information content (AvgIpc) is 2.28. The van der Waals surface area contributed by atoms with Gasteiger partial charge in [0.2, 0.25) is 5.91 Å². The summed E-state index contributed by atoms with van der Waals surface area (Å²) in [5.41, 5.74) is 0.626. The van der Waals surface area contributed by atoms with E-state index in [9.17, 15) is 9.59 Å². The summed E-state index contributed by atoms with van der Waals surface area (Å²) in [5.74, 6) is -0.958.